The van der Waals surface area contributed by atoms with Crippen LogP contribution in [0.15, 0.2) is 24.3 Å². The predicted octanol–water partition coefficient (Wildman–Crippen LogP) is 3.58. The van der Waals surface area contributed by atoms with Gasteiger partial charge in [0, 0.05) is 12.1 Å². The van der Waals surface area contributed by atoms with Gasteiger partial charge in [0.1, 0.15) is 11.4 Å². The molecule has 2 fully saturated rings. The standard InChI is InChI=1S/C23H38N2O4S/c1-23(2,3)29-22-10-6-5-8-19(22)17-11-13-18(14-12-17)28-16-21-20(9-7-15-24-21)25-30(4,26)27/h5-6,8,10,17-18,20-21,24-25H,7,9,11-16H2,1-4H3/t17?,18?,20-,21-/m0/s1. The Morgan fingerprint density at radius 3 is 2.47 bits per heavy atom. The van der Waals surface area contributed by atoms with Crippen molar-refractivity contribution in [2.24, 2.45) is 0 Å². The molecule has 1 saturated carbocycles. The number of sulfonamides is 1. The van der Waals surface area contributed by atoms with Gasteiger partial charge in [-0.3, -0.25) is 0 Å². The molecule has 0 unspecified atom stereocenters. The Bertz CT molecular complexity index is 783. The molecule has 1 aliphatic carbocycles. The molecule has 1 aliphatic heterocycles. The zero-order chi connectivity index (χ0) is 21.8. The molecular formula is C23H38N2O4S. The Kier molecular flexibility index (Phi) is 7.82. The number of ether oxygens (including phenoxy) is 2. The topological polar surface area (TPSA) is 76.7 Å². The fourth-order valence-electron chi connectivity index (χ4n) is 4.56. The second kappa shape index (κ2) is 9.98. The lowest BCUT2D eigenvalue weighted by Gasteiger charge is -2.35. The van der Waals surface area contributed by atoms with Gasteiger partial charge in [0.25, 0.3) is 0 Å². The quantitative estimate of drug-likeness (QED) is 0.681. The Hall–Kier alpha value is -1.15. The summed E-state index contributed by atoms with van der Waals surface area (Å²) in [5.74, 6) is 1.49. The molecule has 1 aromatic rings. The molecule has 30 heavy (non-hydrogen) atoms. The molecule has 1 saturated heterocycles. The highest BCUT2D eigenvalue weighted by Gasteiger charge is 2.30. The summed E-state index contributed by atoms with van der Waals surface area (Å²) in [5.41, 5.74) is 1.09. The average Bonchev–Trinajstić information content (AvgIpc) is 2.66. The molecule has 7 heteroatoms. The third-order valence-corrected chi connectivity index (χ3v) is 6.64. The van der Waals surface area contributed by atoms with Gasteiger partial charge < -0.3 is 14.8 Å². The molecule has 170 valence electrons. The van der Waals surface area contributed by atoms with Gasteiger partial charge in [-0.15, -0.1) is 0 Å². The average molecular weight is 439 g/mol. The van der Waals surface area contributed by atoms with Crippen LogP contribution in [0.2, 0.25) is 0 Å². The number of benzene rings is 1. The normalized spacial score (nSPS) is 28.3. The maximum absolute atomic E-state index is 11.6. The van der Waals surface area contributed by atoms with E-state index in [-0.39, 0.29) is 23.8 Å². The number of piperidine rings is 1. The third-order valence-electron chi connectivity index (χ3n) is 5.91. The van der Waals surface area contributed by atoms with Crippen LogP contribution in [0.4, 0.5) is 0 Å². The van der Waals surface area contributed by atoms with Crippen LogP contribution >= 0.6 is 0 Å². The zero-order valence-electron chi connectivity index (χ0n) is 18.8. The van der Waals surface area contributed by atoms with Crippen LogP contribution < -0.4 is 14.8 Å². The lowest BCUT2D eigenvalue weighted by Crippen LogP contribution is -2.55. The van der Waals surface area contributed by atoms with Gasteiger partial charge in [-0.05, 0) is 83.4 Å². The molecule has 1 heterocycles. The van der Waals surface area contributed by atoms with E-state index in [1.54, 1.807) is 0 Å². The van der Waals surface area contributed by atoms with Crippen LogP contribution in [0.1, 0.15) is 70.8 Å². The number of para-hydroxylation sites is 1. The van der Waals surface area contributed by atoms with Crippen molar-refractivity contribution >= 4 is 10.0 Å². The van der Waals surface area contributed by atoms with Crippen molar-refractivity contribution in [1.29, 1.82) is 0 Å². The van der Waals surface area contributed by atoms with E-state index in [1.807, 2.05) is 6.07 Å². The molecule has 3 rings (SSSR count). The van der Waals surface area contributed by atoms with Crippen LogP contribution in [0, 0.1) is 0 Å². The third kappa shape index (κ3) is 7.22. The molecule has 0 amide bonds. The van der Waals surface area contributed by atoms with Crippen molar-refractivity contribution < 1.29 is 17.9 Å². The lowest BCUT2D eigenvalue weighted by atomic mass is 9.82. The molecule has 0 bridgehead atoms. The maximum Gasteiger partial charge on any atom is 0.209 e. The molecule has 6 nitrogen and oxygen atoms in total. The number of hydrogen-bond donors (Lipinski definition) is 2. The van der Waals surface area contributed by atoms with Gasteiger partial charge >= 0.3 is 0 Å². The van der Waals surface area contributed by atoms with Gasteiger partial charge in [-0.1, -0.05) is 18.2 Å². The van der Waals surface area contributed by atoms with Crippen molar-refractivity contribution in [3.8, 4) is 5.75 Å². The summed E-state index contributed by atoms with van der Waals surface area (Å²) in [7, 11) is -3.21. The molecule has 0 radical (unpaired) electrons. The second-order valence-corrected chi connectivity index (χ2v) is 11.5. The Labute approximate surface area is 182 Å². The number of hydrogen-bond acceptors (Lipinski definition) is 5. The summed E-state index contributed by atoms with van der Waals surface area (Å²) >= 11 is 0. The molecule has 0 aromatic heterocycles. The highest BCUT2D eigenvalue weighted by molar-refractivity contribution is 7.88. The smallest absolute Gasteiger partial charge is 0.209 e. The first kappa shape index (κ1) is 23.5. The van der Waals surface area contributed by atoms with E-state index in [0.717, 1.165) is 50.8 Å². The van der Waals surface area contributed by atoms with E-state index in [2.05, 4.69) is 49.0 Å². The number of rotatable bonds is 7. The minimum atomic E-state index is -3.21. The summed E-state index contributed by atoms with van der Waals surface area (Å²) in [5, 5.41) is 3.43. The molecule has 1 aromatic carbocycles. The Morgan fingerprint density at radius 1 is 1.10 bits per heavy atom. The summed E-state index contributed by atoms with van der Waals surface area (Å²) in [4.78, 5) is 0. The maximum atomic E-state index is 11.6. The Morgan fingerprint density at radius 2 is 1.80 bits per heavy atom. The number of nitrogens with one attached hydrogen (secondary N) is 2. The highest BCUT2D eigenvalue weighted by Crippen LogP contribution is 2.39. The van der Waals surface area contributed by atoms with E-state index >= 15 is 0 Å². The van der Waals surface area contributed by atoms with E-state index < -0.39 is 10.0 Å². The van der Waals surface area contributed by atoms with Crippen LogP contribution in [0.3, 0.4) is 0 Å². The SMILES string of the molecule is CC(C)(C)Oc1ccccc1C1CCC(OC[C@@H]2NCCC[C@@H]2NS(C)(=O)=O)CC1. The summed E-state index contributed by atoms with van der Waals surface area (Å²) in [6.07, 6.45) is 7.49. The van der Waals surface area contributed by atoms with Crippen molar-refractivity contribution in [3.05, 3.63) is 29.8 Å². The second-order valence-electron chi connectivity index (χ2n) is 9.76. The summed E-state index contributed by atoms with van der Waals surface area (Å²) in [6.45, 7) is 7.71. The van der Waals surface area contributed by atoms with Gasteiger partial charge in [-0.2, -0.15) is 0 Å². The minimum absolute atomic E-state index is 0.0344. The van der Waals surface area contributed by atoms with Crippen LogP contribution in [-0.4, -0.2) is 51.6 Å². The predicted molar refractivity (Wildman–Crippen MR) is 121 cm³/mol. The molecule has 2 aliphatic rings. The van der Waals surface area contributed by atoms with Crippen molar-refractivity contribution in [2.75, 3.05) is 19.4 Å². The van der Waals surface area contributed by atoms with E-state index in [4.69, 9.17) is 9.47 Å². The van der Waals surface area contributed by atoms with Gasteiger partial charge in [0.05, 0.1) is 19.0 Å². The van der Waals surface area contributed by atoms with Crippen LogP contribution in [-0.2, 0) is 14.8 Å². The first-order valence-corrected chi connectivity index (χ1v) is 13.1. The first-order chi connectivity index (χ1) is 14.1. The van der Waals surface area contributed by atoms with Crippen molar-refractivity contribution in [2.45, 2.75) is 89.0 Å². The summed E-state index contributed by atoms with van der Waals surface area (Å²) in [6, 6.07) is 8.35. The molecule has 0 spiro atoms. The fraction of sp³-hybridized carbons (Fsp3) is 0.739. The van der Waals surface area contributed by atoms with E-state index in [0.29, 0.717) is 12.5 Å². The molecule has 2 atom stereocenters. The lowest BCUT2D eigenvalue weighted by molar-refractivity contribution is 0.00492. The minimum Gasteiger partial charge on any atom is -0.488 e. The first-order valence-electron chi connectivity index (χ1n) is 11.2. The van der Waals surface area contributed by atoms with E-state index in [1.165, 1.54) is 11.8 Å². The van der Waals surface area contributed by atoms with Crippen molar-refractivity contribution in [3.63, 3.8) is 0 Å². The monoisotopic (exact) mass is 438 g/mol. The van der Waals surface area contributed by atoms with Gasteiger partial charge in [-0.25, -0.2) is 13.1 Å². The Balaban J connectivity index is 1.51. The zero-order valence-corrected chi connectivity index (χ0v) is 19.6. The highest BCUT2D eigenvalue weighted by atomic mass is 32.2. The van der Waals surface area contributed by atoms with Gasteiger partial charge in [0.15, 0.2) is 0 Å². The fourth-order valence-corrected chi connectivity index (χ4v) is 5.40. The van der Waals surface area contributed by atoms with Crippen molar-refractivity contribution in [1.82, 2.24) is 10.0 Å². The molecular weight excluding hydrogens is 400 g/mol. The summed E-state index contributed by atoms with van der Waals surface area (Å²) < 4.78 is 38.5. The van der Waals surface area contributed by atoms with Crippen LogP contribution in [0.25, 0.3) is 0 Å². The van der Waals surface area contributed by atoms with Crippen LogP contribution in [0.5, 0.6) is 5.75 Å². The van der Waals surface area contributed by atoms with Gasteiger partial charge in [0.2, 0.25) is 10.0 Å². The van der Waals surface area contributed by atoms with E-state index in [9.17, 15) is 8.42 Å². The largest absolute Gasteiger partial charge is 0.488 e. The molecule has 2 N–H and O–H groups in total.